The molecule has 31 heavy (non-hydrogen) atoms. The number of nitrogens with zero attached hydrogens (tertiary/aromatic N) is 6. The molecular formula is C21H20N8O2. The Kier molecular flexibility index (Phi) is 5.84. The Bertz CT molecular complexity index is 1100. The predicted octanol–water partition coefficient (Wildman–Crippen LogP) is 3.10. The molecule has 3 N–H and O–H groups in total. The minimum Gasteiger partial charge on any atom is -0.465 e. The van der Waals surface area contributed by atoms with E-state index in [1.807, 2.05) is 30.3 Å². The van der Waals surface area contributed by atoms with Gasteiger partial charge < -0.3 is 20.6 Å². The molecule has 1 atom stereocenters. The lowest BCUT2D eigenvalue weighted by Crippen LogP contribution is -2.44. The van der Waals surface area contributed by atoms with E-state index in [1.165, 1.54) is 11.1 Å². The van der Waals surface area contributed by atoms with Crippen LogP contribution in [0.25, 0.3) is 11.4 Å². The number of rotatable bonds is 5. The molecule has 3 heterocycles. The Morgan fingerprint density at radius 3 is 2.68 bits per heavy atom. The monoisotopic (exact) mass is 416 g/mol. The van der Waals surface area contributed by atoms with E-state index in [9.17, 15) is 15.2 Å². The molecule has 156 valence electrons. The van der Waals surface area contributed by atoms with Crippen molar-refractivity contribution in [1.29, 1.82) is 5.26 Å². The molecule has 1 aliphatic heterocycles. The number of nitriles is 1. The molecule has 2 aromatic heterocycles. The first-order chi connectivity index (χ1) is 15.1. The number of anilines is 3. The number of hydrogen-bond donors (Lipinski definition) is 3. The van der Waals surface area contributed by atoms with Crippen LogP contribution in [0.1, 0.15) is 18.5 Å². The SMILES string of the molecule is N#Cc1ncc(NC2CCCN(C(=O)O)C2)nc1Nc1ccc(-c2ncccn2)cc1. The van der Waals surface area contributed by atoms with E-state index in [0.29, 0.717) is 30.5 Å². The first-order valence-corrected chi connectivity index (χ1v) is 9.78. The maximum atomic E-state index is 11.2. The van der Waals surface area contributed by atoms with Gasteiger partial charge in [0.2, 0.25) is 0 Å². The predicted molar refractivity (Wildman–Crippen MR) is 114 cm³/mol. The van der Waals surface area contributed by atoms with Crippen LogP contribution in [-0.2, 0) is 0 Å². The lowest BCUT2D eigenvalue weighted by atomic mass is 10.1. The van der Waals surface area contributed by atoms with Gasteiger partial charge in [0.05, 0.1) is 6.20 Å². The number of amides is 1. The van der Waals surface area contributed by atoms with E-state index in [0.717, 1.165) is 24.1 Å². The molecule has 10 nitrogen and oxygen atoms in total. The van der Waals surface area contributed by atoms with Crippen LogP contribution in [-0.4, -0.2) is 55.2 Å². The highest BCUT2D eigenvalue weighted by molar-refractivity contribution is 5.66. The van der Waals surface area contributed by atoms with Gasteiger partial charge in [0.15, 0.2) is 17.3 Å². The lowest BCUT2D eigenvalue weighted by molar-refractivity contribution is 0.133. The van der Waals surface area contributed by atoms with Gasteiger partial charge >= 0.3 is 6.09 Å². The van der Waals surface area contributed by atoms with Crippen molar-refractivity contribution in [3.05, 3.63) is 54.6 Å². The largest absolute Gasteiger partial charge is 0.465 e. The van der Waals surface area contributed by atoms with Gasteiger partial charge in [-0.05, 0) is 43.2 Å². The van der Waals surface area contributed by atoms with Crippen LogP contribution in [0, 0.1) is 11.3 Å². The van der Waals surface area contributed by atoms with Gasteiger partial charge in [0, 0.05) is 42.8 Å². The molecule has 4 rings (SSSR count). The van der Waals surface area contributed by atoms with Crippen molar-refractivity contribution in [3.8, 4) is 17.5 Å². The van der Waals surface area contributed by atoms with Gasteiger partial charge in [0.25, 0.3) is 0 Å². The summed E-state index contributed by atoms with van der Waals surface area (Å²) < 4.78 is 0. The highest BCUT2D eigenvalue weighted by Gasteiger charge is 2.23. The van der Waals surface area contributed by atoms with Crippen molar-refractivity contribution >= 4 is 23.4 Å². The number of nitrogens with one attached hydrogen (secondary N) is 2. The highest BCUT2D eigenvalue weighted by atomic mass is 16.4. The van der Waals surface area contributed by atoms with Crippen molar-refractivity contribution in [1.82, 2.24) is 24.8 Å². The molecule has 0 aliphatic carbocycles. The van der Waals surface area contributed by atoms with Gasteiger partial charge in [-0.2, -0.15) is 5.26 Å². The average Bonchev–Trinajstić information content (AvgIpc) is 2.80. The summed E-state index contributed by atoms with van der Waals surface area (Å²) in [6, 6.07) is 11.2. The molecule has 1 amide bonds. The number of carbonyl (C=O) groups is 1. The lowest BCUT2D eigenvalue weighted by Gasteiger charge is -2.31. The fourth-order valence-corrected chi connectivity index (χ4v) is 3.39. The second-order valence-electron chi connectivity index (χ2n) is 7.05. The summed E-state index contributed by atoms with van der Waals surface area (Å²) in [6.45, 7) is 0.909. The molecular weight excluding hydrogens is 396 g/mol. The Balaban J connectivity index is 1.49. The van der Waals surface area contributed by atoms with Crippen LogP contribution < -0.4 is 10.6 Å². The fraction of sp³-hybridized carbons (Fsp3) is 0.238. The third-order valence-corrected chi connectivity index (χ3v) is 4.89. The fourth-order valence-electron chi connectivity index (χ4n) is 3.39. The van der Waals surface area contributed by atoms with Gasteiger partial charge in [-0.3, -0.25) is 0 Å². The maximum Gasteiger partial charge on any atom is 0.407 e. The second-order valence-corrected chi connectivity index (χ2v) is 7.05. The third-order valence-electron chi connectivity index (χ3n) is 4.89. The van der Waals surface area contributed by atoms with Gasteiger partial charge in [0.1, 0.15) is 11.9 Å². The zero-order valence-corrected chi connectivity index (χ0v) is 16.6. The summed E-state index contributed by atoms with van der Waals surface area (Å²) in [5.74, 6) is 1.43. The van der Waals surface area contributed by atoms with Gasteiger partial charge in [-0.15, -0.1) is 0 Å². The summed E-state index contributed by atoms with van der Waals surface area (Å²) in [5.41, 5.74) is 1.77. The molecule has 0 bridgehead atoms. The number of aromatic nitrogens is 4. The van der Waals surface area contributed by atoms with Crippen molar-refractivity contribution in [2.45, 2.75) is 18.9 Å². The smallest absolute Gasteiger partial charge is 0.407 e. The summed E-state index contributed by atoms with van der Waals surface area (Å²) >= 11 is 0. The number of piperidine rings is 1. The van der Waals surface area contributed by atoms with E-state index in [4.69, 9.17) is 0 Å². The topological polar surface area (TPSA) is 140 Å². The molecule has 0 spiro atoms. The maximum absolute atomic E-state index is 11.2. The number of benzene rings is 1. The normalized spacial score (nSPS) is 15.7. The molecule has 10 heteroatoms. The second kappa shape index (κ2) is 9.04. The molecule has 1 unspecified atom stereocenters. The van der Waals surface area contributed by atoms with Crippen molar-refractivity contribution in [3.63, 3.8) is 0 Å². The Labute approximate surface area is 178 Å². The first-order valence-electron chi connectivity index (χ1n) is 9.78. The molecule has 1 saturated heterocycles. The van der Waals surface area contributed by atoms with Gasteiger partial charge in [-0.25, -0.2) is 24.7 Å². The molecule has 3 aromatic rings. The number of carboxylic acid groups (broad SMARTS) is 1. The number of likely N-dealkylation sites (tertiary alicyclic amines) is 1. The summed E-state index contributed by atoms with van der Waals surface area (Å²) in [7, 11) is 0. The zero-order valence-electron chi connectivity index (χ0n) is 16.6. The molecule has 1 aromatic carbocycles. The third kappa shape index (κ3) is 4.84. The van der Waals surface area contributed by atoms with Crippen LogP contribution in [0.5, 0.6) is 0 Å². The summed E-state index contributed by atoms with van der Waals surface area (Å²) in [6.07, 6.45) is 5.53. The van der Waals surface area contributed by atoms with Crippen LogP contribution >= 0.6 is 0 Å². The van der Waals surface area contributed by atoms with Crippen molar-refractivity contribution < 1.29 is 9.90 Å². The van der Waals surface area contributed by atoms with Crippen LogP contribution in [0.3, 0.4) is 0 Å². The zero-order chi connectivity index (χ0) is 21.6. The van der Waals surface area contributed by atoms with Crippen LogP contribution in [0.4, 0.5) is 22.1 Å². The Hall–Kier alpha value is -4.26. The average molecular weight is 416 g/mol. The van der Waals surface area contributed by atoms with E-state index in [-0.39, 0.29) is 11.7 Å². The standard InChI is InChI=1S/C21H20N8O2/c22-11-17-20(27-15-6-4-14(5-7-15)19-23-8-2-9-24-19)28-18(12-25-17)26-16-3-1-10-29(13-16)21(30)31/h2,4-9,12,16H,1,3,10,13H2,(H,30,31)(H2,26,27,28). The Morgan fingerprint density at radius 2 is 1.97 bits per heavy atom. The highest BCUT2D eigenvalue weighted by Crippen LogP contribution is 2.23. The van der Waals surface area contributed by atoms with Gasteiger partial charge in [-0.1, -0.05) is 0 Å². The van der Waals surface area contributed by atoms with Crippen molar-refractivity contribution in [2.24, 2.45) is 0 Å². The van der Waals surface area contributed by atoms with Crippen LogP contribution in [0.15, 0.2) is 48.9 Å². The molecule has 1 aliphatic rings. The minimum absolute atomic E-state index is 0.0647. The molecule has 1 fully saturated rings. The van der Waals surface area contributed by atoms with E-state index < -0.39 is 6.09 Å². The minimum atomic E-state index is -0.927. The first kappa shape index (κ1) is 20.0. The Morgan fingerprint density at radius 1 is 1.19 bits per heavy atom. The summed E-state index contributed by atoms with van der Waals surface area (Å²) in [4.78, 5) is 29.7. The van der Waals surface area contributed by atoms with Crippen molar-refractivity contribution in [2.75, 3.05) is 23.7 Å². The molecule has 0 radical (unpaired) electrons. The van der Waals surface area contributed by atoms with E-state index in [1.54, 1.807) is 18.5 Å². The van der Waals surface area contributed by atoms with E-state index in [2.05, 4.69) is 30.6 Å². The number of hydrogen-bond acceptors (Lipinski definition) is 8. The van der Waals surface area contributed by atoms with Crippen LogP contribution in [0.2, 0.25) is 0 Å². The quantitative estimate of drug-likeness (QED) is 0.572. The summed E-state index contributed by atoms with van der Waals surface area (Å²) in [5, 5.41) is 25.0. The molecule has 0 saturated carbocycles. The van der Waals surface area contributed by atoms with E-state index >= 15 is 0 Å².